The average molecular weight is 496 g/mol. The molecule has 1 aliphatic carbocycles. The molecule has 7 nitrogen and oxygen atoms in total. The fraction of sp³-hybridized carbons (Fsp3) is 0.481. The summed E-state index contributed by atoms with van der Waals surface area (Å²) in [5.41, 5.74) is 3.85. The second-order valence-electron chi connectivity index (χ2n) is 10.1. The molecular formula is C27H33N3O4S. The van der Waals surface area contributed by atoms with Crippen molar-refractivity contribution in [2.45, 2.75) is 62.8 Å². The fourth-order valence-electron chi connectivity index (χ4n) is 5.53. The molecule has 0 aromatic heterocycles. The van der Waals surface area contributed by atoms with E-state index in [1.165, 1.54) is 10.5 Å². The number of aryl methyl sites for hydroxylation is 2. The number of carbonyl (C=O) groups is 2. The van der Waals surface area contributed by atoms with Crippen molar-refractivity contribution < 1.29 is 18.0 Å². The molecule has 0 radical (unpaired) electrons. The Kier molecular flexibility index (Phi) is 6.68. The van der Waals surface area contributed by atoms with E-state index in [0.29, 0.717) is 31.1 Å². The Morgan fingerprint density at radius 2 is 1.77 bits per heavy atom. The Labute approximate surface area is 207 Å². The van der Waals surface area contributed by atoms with E-state index in [1.54, 1.807) is 22.5 Å². The number of fused-ring (bicyclic) bond motifs is 2. The molecule has 0 unspecified atom stereocenters. The lowest BCUT2D eigenvalue weighted by Crippen LogP contribution is -2.44. The van der Waals surface area contributed by atoms with Crippen LogP contribution in [0.3, 0.4) is 0 Å². The molecule has 0 bridgehead atoms. The SMILES string of the molecule is CC1CCN(S(=O)(=O)c2ccc3c(c2)CCC(=O)N3CC(=O)N[C@@H]2CCCc3ccccc32)CC1. The van der Waals surface area contributed by atoms with Gasteiger partial charge in [0.15, 0.2) is 0 Å². The first-order valence-electron chi connectivity index (χ1n) is 12.6. The summed E-state index contributed by atoms with van der Waals surface area (Å²) in [6.07, 6.45) is 5.38. The van der Waals surface area contributed by atoms with Gasteiger partial charge in [-0.05, 0) is 79.3 Å². The number of benzene rings is 2. The molecule has 2 amide bonds. The lowest BCUT2D eigenvalue weighted by molar-refractivity contribution is -0.124. The van der Waals surface area contributed by atoms with Crippen LogP contribution in [0.5, 0.6) is 0 Å². The first-order valence-corrected chi connectivity index (χ1v) is 14.1. The van der Waals surface area contributed by atoms with Gasteiger partial charge in [-0.1, -0.05) is 31.2 Å². The molecule has 1 fully saturated rings. The topological polar surface area (TPSA) is 86.8 Å². The predicted octanol–water partition coefficient (Wildman–Crippen LogP) is 3.58. The summed E-state index contributed by atoms with van der Waals surface area (Å²) in [6.45, 7) is 3.16. The first-order chi connectivity index (χ1) is 16.8. The number of hydrogen-bond donors (Lipinski definition) is 1. The predicted molar refractivity (Wildman–Crippen MR) is 135 cm³/mol. The number of anilines is 1. The maximum absolute atomic E-state index is 13.2. The van der Waals surface area contributed by atoms with Gasteiger partial charge < -0.3 is 10.2 Å². The molecule has 1 saturated heterocycles. The van der Waals surface area contributed by atoms with Crippen molar-refractivity contribution in [1.82, 2.24) is 9.62 Å². The zero-order valence-electron chi connectivity index (χ0n) is 20.2. The number of amides is 2. The van der Waals surface area contributed by atoms with E-state index in [9.17, 15) is 18.0 Å². The quantitative estimate of drug-likeness (QED) is 0.687. The van der Waals surface area contributed by atoms with Gasteiger partial charge in [0.05, 0.1) is 10.9 Å². The number of nitrogens with one attached hydrogen (secondary N) is 1. The van der Waals surface area contributed by atoms with Crippen molar-refractivity contribution in [2.75, 3.05) is 24.5 Å². The Morgan fingerprint density at radius 1 is 1.00 bits per heavy atom. The van der Waals surface area contributed by atoms with Gasteiger partial charge in [0.1, 0.15) is 6.54 Å². The highest BCUT2D eigenvalue weighted by atomic mass is 32.2. The van der Waals surface area contributed by atoms with Crippen LogP contribution in [0, 0.1) is 5.92 Å². The van der Waals surface area contributed by atoms with Crippen LogP contribution in [0.2, 0.25) is 0 Å². The van der Waals surface area contributed by atoms with Gasteiger partial charge in [0, 0.05) is 25.2 Å². The first kappa shape index (κ1) is 24.0. The summed E-state index contributed by atoms with van der Waals surface area (Å²) in [4.78, 5) is 27.5. The fourth-order valence-corrected chi connectivity index (χ4v) is 7.05. The molecule has 35 heavy (non-hydrogen) atoms. The molecule has 3 aliphatic rings. The Balaban J connectivity index is 1.32. The van der Waals surface area contributed by atoms with Crippen LogP contribution in [0.15, 0.2) is 47.4 Å². The normalized spacial score (nSPS) is 21.3. The van der Waals surface area contributed by atoms with Crippen molar-refractivity contribution in [2.24, 2.45) is 5.92 Å². The highest BCUT2D eigenvalue weighted by Gasteiger charge is 2.32. The Morgan fingerprint density at radius 3 is 2.57 bits per heavy atom. The van der Waals surface area contributed by atoms with Crippen molar-refractivity contribution >= 4 is 27.5 Å². The monoisotopic (exact) mass is 495 g/mol. The van der Waals surface area contributed by atoms with Crippen LogP contribution in [0.1, 0.15) is 61.8 Å². The van der Waals surface area contributed by atoms with Crippen molar-refractivity contribution in [3.05, 3.63) is 59.2 Å². The molecule has 0 spiro atoms. The van der Waals surface area contributed by atoms with E-state index in [-0.39, 0.29) is 35.7 Å². The molecule has 2 aromatic carbocycles. The van der Waals surface area contributed by atoms with E-state index >= 15 is 0 Å². The lowest BCUT2D eigenvalue weighted by atomic mass is 9.88. The van der Waals surface area contributed by atoms with E-state index < -0.39 is 10.0 Å². The molecule has 186 valence electrons. The smallest absolute Gasteiger partial charge is 0.243 e. The Bertz CT molecular complexity index is 1230. The van der Waals surface area contributed by atoms with Crippen LogP contribution in [0.25, 0.3) is 0 Å². The van der Waals surface area contributed by atoms with E-state index in [1.807, 2.05) is 12.1 Å². The third-order valence-electron chi connectivity index (χ3n) is 7.64. The van der Waals surface area contributed by atoms with Crippen LogP contribution in [0.4, 0.5) is 5.69 Å². The molecule has 2 heterocycles. The summed E-state index contributed by atoms with van der Waals surface area (Å²) in [7, 11) is -3.57. The largest absolute Gasteiger partial charge is 0.348 e. The average Bonchev–Trinajstić information content (AvgIpc) is 2.86. The zero-order valence-corrected chi connectivity index (χ0v) is 21.0. The van der Waals surface area contributed by atoms with E-state index in [0.717, 1.165) is 43.2 Å². The summed E-state index contributed by atoms with van der Waals surface area (Å²) >= 11 is 0. The van der Waals surface area contributed by atoms with Crippen molar-refractivity contribution in [3.63, 3.8) is 0 Å². The van der Waals surface area contributed by atoms with Gasteiger partial charge in [-0.3, -0.25) is 9.59 Å². The standard InChI is InChI=1S/C27H33N3O4S/c1-19-13-15-29(16-14-19)35(33,34)22-10-11-25-21(17-22)9-12-27(32)30(25)18-26(31)28-24-8-4-6-20-5-2-3-7-23(20)24/h2-3,5,7,10-11,17,19,24H,4,6,8-9,12-16,18H2,1H3,(H,28,31)/t24-/m1/s1. The molecule has 5 rings (SSSR count). The number of rotatable bonds is 5. The maximum Gasteiger partial charge on any atom is 0.243 e. The second kappa shape index (κ2) is 9.74. The second-order valence-corrected chi connectivity index (χ2v) is 12.0. The minimum atomic E-state index is -3.57. The summed E-state index contributed by atoms with van der Waals surface area (Å²) in [5.74, 6) is 0.224. The van der Waals surface area contributed by atoms with Crippen molar-refractivity contribution in [3.8, 4) is 0 Å². The number of carbonyl (C=O) groups excluding carboxylic acids is 2. The molecule has 0 saturated carbocycles. The molecule has 1 atom stereocenters. The van der Waals surface area contributed by atoms with Gasteiger partial charge in [-0.2, -0.15) is 4.31 Å². The van der Waals surface area contributed by atoms with Gasteiger partial charge >= 0.3 is 0 Å². The highest BCUT2D eigenvalue weighted by Crippen LogP contribution is 2.33. The minimum absolute atomic E-state index is 0.0495. The van der Waals surface area contributed by atoms with Crippen LogP contribution >= 0.6 is 0 Å². The van der Waals surface area contributed by atoms with Crippen LogP contribution < -0.4 is 10.2 Å². The molecule has 2 aromatic rings. The van der Waals surface area contributed by atoms with E-state index in [2.05, 4.69) is 24.4 Å². The van der Waals surface area contributed by atoms with Crippen LogP contribution in [-0.4, -0.2) is 44.2 Å². The molecule has 1 N–H and O–H groups in total. The third kappa shape index (κ3) is 4.86. The number of hydrogen-bond acceptors (Lipinski definition) is 4. The third-order valence-corrected chi connectivity index (χ3v) is 9.53. The summed E-state index contributed by atoms with van der Waals surface area (Å²) in [5, 5.41) is 3.12. The number of piperidine rings is 1. The lowest BCUT2D eigenvalue weighted by Gasteiger charge is -2.32. The van der Waals surface area contributed by atoms with Gasteiger partial charge in [-0.25, -0.2) is 8.42 Å². The minimum Gasteiger partial charge on any atom is -0.348 e. The highest BCUT2D eigenvalue weighted by molar-refractivity contribution is 7.89. The Hall–Kier alpha value is -2.71. The van der Waals surface area contributed by atoms with Crippen LogP contribution in [-0.2, 0) is 32.5 Å². The number of nitrogens with zero attached hydrogens (tertiary/aromatic N) is 2. The summed E-state index contributed by atoms with van der Waals surface area (Å²) in [6, 6.07) is 13.1. The molecule has 2 aliphatic heterocycles. The van der Waals surface area contributed by atoms with Gasteiger partial charge in [0.2, 0.25) is 21.8 Å². The zero-order chi connectivity index (χ0) is 24.6. The van der Waals surface area contributed by atoms with E-state index in [4.69, 9.17) is 0 Å². The number of sulfonamides is 1. The molecule has 8 heteroatoms. The molecular weight excluding hydrogens is 462 g/mol. The van der Waals surface area contributed by atoms with Gasteiger partial charge in [0.25, 0.3) is 0 Å². The maximum atomic E-state index is 13.2. The van der Waals surface area contributed by atoms with Crippen molar-refractivity contribution in [1.29, 1.82) is 0 Å². The van der Waals surface area contributed by atoms with Gasteiger partial charge in [-0.15, -0.1) is 0 Å². The summed E-state index contributed by atoms with van der Waals surface area (Å²) < 4.78 is 28.0.